The van der Waals surface area contributed by atoms with Crippen LogP contribution in [0.3, 0.4) is 0 Å². The van der Waals surface area contributed by atoms with Crippen molar-refractivity contribution < 1.29 is 14.3 Å². The molecule has 1 aromatic heterocycles. The van der Waals surface area contributed by atoms with Gasteiger partial charge in [0.25, 0.3) is 5.91 Å². The van der Waals surface area contributed by atoms with Crippen molar-refractivity contribution >= 4 is 5.91 Å². The van der Waals surface area contributed by atoms with Crippen molar-refractivity contribution in [1.29, 1.82) is 0 Å². The summed E-state index contributed by atoms with van der Waals surface area (Å²) in [4.78, 5) is 13.7. The van der Waals surface area contributed by atoms with Gasteiger partial charge in [-0.05, 0) is 18.1 Å². The molecule has 1 atom stereocenters. The van der Waals surface area contributed by atoms with E-state index in [0.29, 0.717) is 18.0 Å². The van der Waals surface area contributed by atoms with Gasteiger partial charge in [-0.15, -0.1) is 0 Å². The van der Waals surface area contributed by atoms with E-state index in [9.17, 15) is 4.79 Å². The monoisotopic (exact) mass is 318 g/mol. The fraction of sp³-hybridized carbons (Fsp3) is 0.438. The summed E-state index contributed by atoms with van der Waals surface area (Å²) in [6, 6.07) is 7.15. The zero-order valence-electron chi connectivity index (χ0n) is 13.6. The van der Waals surface area contributed by atoms with E-state index in [2.05, 4.69) is 15.5 Å². The zero-order valence-corrected chi connectivity index (χ0v) is 13.6. The van der Waals surface area contributed by atoms with Gasteiger partial charge in [-0.2, -0.15) is 15.0 Å². The van der Waals surface area contributed by atoms with Gasteiger partial charge in [-0.1, -0.05) is 26.0 Å². The quantitative estimate of drug-likeness (QED) is 0.798. The van der Waals surface area contributed by atoms with Crippen molar-refractivity contribution in [3.05, 3.63) is 36.7 Å². The van der Waals surface area contributed by atoms with E-state index in [0.717, 1.165) is 0 Å². The summed E-state index contributed by atoms with van der Waals surface area (Å²) in [5.41, 5.74) is 0. The van der Waals surface area contributed by atoms with Crippen molar-refractivity contribution in [2.75, 3.05) is 13.7 Å². The van der Waals surface area contributed by atoms with Gasteiger partial charge in [0.2, 0.25) is 0 Å². The standard InChI is InChI=1S/C16H22N4O3/c1-12(2)13(10-20-17-8-9-18-20)19-16(21)11-23-15-7-5-4-6-14(15)22-3/h4-9,12-13H,10-11H2,1-3H3,(H,19,21). The summed E-state index contributed by atoms with van der Waals surface area (Å²) in [5, 5.41) is 11.1. The Balaban J connectivity index is 1.89. The van der Waals surface area contributed by atoms with Gasteiger partial charge in [-0.3, -0.25) is 4.79 Å². The lowest BCUT2D eigenvalue weighted by Crippen LogP contribution is -2.44. The minimum absolute atomic E-state index is 0.0730. The van der Waals surface area contributed by atoms with Crippen LogP contribution >= 0.6 is 0 Å². The van der Waals surface area contributed by atoms with Crippen molar-refractivity contribution in [3.8, 4) is 11.5 Å². The number of hydrogen-bond acceptors (Lipinski definition) is 5. The number of hydrogen-bond donors (Lipinski definition) is 1. The highest BCUT2D eigenvalue weighted by Crippen LogP contribution is 2.25. The molecule has 1 unspecified atom stereocenters. The van der Waals surface area contributed by atoms with E-state index in [4.69, 9.17) is 9.47 Å². The third-order valence-corrected chi connectivity index (χ3v) is 3.41. The van der Waals surface area contributed by atoms with Crippen LogP contribution in [0.1, 0.15) is 13.8 Å². The predicted molar refractivity (Wildman–Crippen MR) is 85.3 cm³/mol. The van der Waals surface area contributed by atoms with Crippen molar-refractivity contribution in [2.24, 2.45) is 5.92 Å². The SMILES string of the molecule is COc1ccccc1OCC(=O)NC(Cn1nccn1)C(C)C. The molecule has 0 bridgehead atoms. The van der Waals surface area contributed by atoms with Crippen LogP contribution in [-0.4, -0.2) is 40.7 Å². The van der Waals surface area contributed by atoms with E-state index in [-0.39, 0.29) is 24.5 Å². The third kappa shape index (κ3) is 4.98. The number of benzene rings is 1. The maximum atomic E-state index is 12.1. The number of para-hydroxylation sites is 2. The van der Waals surface area contributed by atoms with Crippen LogP contribution in [0.4, 0.5) is 0 Å². The van der Waals surface area contributed by atoms with Crippen LogP contribution in [-0.2, 0) is 11.3 Å². The molecule has 124 valence electrons. The molecular weight excluding hydrogens is 296 g/mol. The molecule has 1 N–H and O–H groups in total. The summed E-state index contributed by atoms with van der Waals surface area (Å²) in [6.45, 7) is 4.52. The molecular formula is C16H22N4O3. The molecule has 7 nitrogen and oxygen atoms in total. The maximum absolute atomic E-state index is 12.1. The molecule has 0 fully saturated rings. The number of ether oxygens (including phenoxy) is 2. The fourth-order valence-corrected chi connectivity index (χ4v) is 2.07. The van der Waals surface area contributed by atoms with Crippen LogP contribution in [0.2, 0.25) is 0 Å². The summed E-state index contributed by atoms with van der Waals surface area (Å²) in [5.74, 6) is 1.19. The van der Waals surface area contributed by atoms with Gasteiger partial charge in [0.1, 0.15) is 0 Å². The molecule has 1 heterocycles. The Morgan fingerprint density at radius 1 is 1.22 bits per heavy atom. The number of amides is 1. The first-order valence-electron chi connectivity index (χ1n) is 7.49. The number of carbonyl (C=O) groups excluding carboxylic acids is 1. The van der Waals surface area contributed by atoms with Crippen LogP contribution < -0.4 is 14.8 Å². The summed E-state index contributed by atoms with van der Waals surface area (Å²) < 4.78 is 10.7. The lowest BCUT2D eigenvalue weighted by Gasteiger charge is -2.22. The minimum Gasteiger partial charge on any atom is -0.493 e. The average molecular weight is 318 g/mol. The maximum Gasteiger partial charge on any atom is 0.258 e. The van der Waals surface area contributed by atoms with Crippen LogP contribution in [0, 0.1) is 5.92 Å². The number of carbonyl (C=O) groups is 1. The molecule has 0 radical (unpaired) electrons. The molecule has 1 aromatic carbocycles. The summed E-state index contributed by atoms with van der Waals surface area (Å²) in [7, 11) is 1.56. The highest BCUT2D eigenvalue weighted by Gasteiger charge is 2.18. The second-order valence-electron chi connectivity index (χ2n) is 5.44. The Morgan fingerprint density at radius 3 is 2.48 bits per heavy atom. The third-order valence-electron chi connectivity index (χ3n) is 3.41. The smallest absolute Gasteiger partial charge is 0.258 e. The molecule has 7 heteroatoms. The Morgan fingerprint density at radius 2 is 1.87 bits per heavy atom. The van der Waals surface area contributed by atoms with Crippen LogP contribution in [0.5, 0.6) is 11.5 Å². The summed E-state index contributed by atoms with van der Waals surface area (Å²) in [6.07, 6.45) is 3.23. The topological polar surface area (TPSA) is 78.3 Å². The summed E-state index contributed by atoms with van der Waals surface area (Å²) >= 11 is 0. The van der Waals surface area contributed by atoms with Gasteiger partial charge in [-0.25, -0.2) is 0 Å². The molecule has 0 aliphatic rings. The van der Waals surface area contributed by atoms with Gasteiger partial charge < -0.3 is 14.8 Å². The molecule has 0 aliphatic heterocycles. The molecule has 0 saturated carbocycles. The van der Waals surface area contributed by atoms with E-state index >= 15 is 0 Å². The van der Waals surface area contributed by atoms with Crippen molar-refractivity contribution in [3.63, 3.8) is 0 Å². The second kappa shape index (κ2) is 8.17. The van der Waals surface area contributed by atoms with Gasteiger partial charge >= 0.3 is 0 Å². The highest BCUT2D eigenvalue weighted by atomic mass is 16.5. The first kappa shape index (κ1) is 16.8. The molecule has 0 aliphatic carbocycles. The molecule has 23 heavy (non-hydrogen) atoms. The molecule has 2 rings (SSSR count). The Labute approximate surface area is 135 Å². The number of nitrogens with one attached hydrogen (secondary N) is 1. The van der Waals surface area contributed by atoms with Crippen molar-refractivity contribution in [1.82, 2.24) is 20.3 Å². The minimum atomic E-state index is -0.193. The van der Waals surface area contributed by atoms with Crippen LogP contribution in [0.25, 0.3) is 0 Å². The predicted octanol–water partition coefficient (Wildman–Crippen LogP) is 1.51. The second-order valence-corrected chi connectivity index (χ2v) is 5.44. The van der Waals surface area contributed by atoms with Crippen LogP contribution in [0.15, 0.2) is 36.7 Å². The Kier molecular flexibility index (Phi) is 5.96. The first-order chi connectivity index (χ1) is 11.1. The average Bonchev–Trinajstić information content (AvgIpc) is 3.05. The van der Waals surface area contributed by atoms with Gasteiger partial charge in [0.05, 0.1) is 32.1 Å². The highest BCUT2D eigenvalue weighted by molar-refractivity contribution is 5.78. The number of nitrogens with zero attached hydrogens (tertiary/aromatic N) is 3. The lowest BCUT2D eigenvalue weighted by atomic mass is 10.0. The molecule has 0 spiro atoms. The van der Waals surface area contributed by atoms with E-state index in [1.54, 1.807) is 36.4 Å². The fourth-order valence-electron chi connectivity index (χ4n) is 2.07. The normalized spacial score (nSPS) is 12.0. The number of methoxy groups -OCH3 is 1. The number of aromatic nitrogens is 3. The molecule has 0 saturated heterocycles. The van der Waals surface area contributed by atoms with E-state index < -0.39 is 0 Å². The molecule has 1 amide bonds. The number of rotatable bonds is 8. The zero-order chi connectivity index (χ0) is 16.7. The first-order valence-corrected chi connectivity index (χ1v) is 7.49. The largest absolute Gasteiger partial charge is 0.493 e. The van der Waals surface area contributed by atoms with E-state index in [1.165, 1.54) is 0 Å². The van der Waals surface area contributed by atoms with Crippen molar-refractivity contribution in [2.45, 2.75) is 26.4 Å². The van der Waals surface area contributed by atoms with Gasteiger partial charge in [0.15, 0.2) is 18.1 Å². The lowest BCUT2D eigenvalue weighted by molar-refractivity contribution is -0.124. The Hall–Kier alpha value is -2.57. The van der Waals surface area contributed by atoms with Gasteiger partial charge in [0, 0.05) is 0 Å². The van der Waals surface area contributed by atoms with E-state index in [1.807, 2.05) is 26.0 Å². The Bertz CT molecular complexity index is 614. The molecule has 2 aromatic rings.